The first-order valence-electron chi connectivity index (χ1n) is 6.92. The molecule has 7 heteroatoms. The first-order chi connectivity index (χ1) is 11.0. The Bertz CT molecular complexity index is 730. The predicted octanol–water partition coefficient (Wildman–Crippen LogP) is 2.68. The van der Waals surface area contributed by atoms with E-state index < -0.39 is 16.6 Å². The summed E-state index contributed by atoms with van der Waals surface area (Å²) in [5, 5.41) is 0.414. The van der Waals surface area contributed by atoms with Gasteiger partial charge in [-0.05, 0) is 25.1 Å². The van der Waals surface area contributed by atoms with Gasteiger partial charge in [-0.3, -0.25) is 14.2 Å². The molecule has 0 fully saturated rings. The van der Waals surface area contributed by atoms with E-state index in [1.807, 2.05) is 0 Å². The molecule has 0 aliphatic rings. The van der Waals surface area contributed by atoms with Crippen LogP contribution in [0.15, 0.2) is 41.5 Å². The Kier molecular flexibility index (Phi) is 5.81. The lowest BCUT2D eigenvalue weighted by molar-refractivity contribution is 0.413. The Hall–Kier alpha value is -2.28. The molecule has 2 rings (SSSR count). The lowest BCUT2D eigenvalue weighted by Crippen LogP contribution is -2.08. The van der Waals surface area contributed by atoms with E-state index in [1.54, 1.807) is 38.4 Å². The zero-order valence-corrected chi connectivity index (χ0v) is 13.8. The SMILES string of the molecule is COc1ccnc(CS(=O)C(C)=NCc2c(N)cccc2F)c1. The van der Waals surface area contributed by atoms with Crippen LogP contribution in [0.5, 0.6) is 5.75 Å². The van der Waals surface area contributed by atoms with E-state index in [0.717, 1.165) is 0 Å². The van der Waals surface area contributed by atoms with Crippen LogP contribution in [0, 0.1) is 5.82 Å². The molecule has 1 aromatic carbocycles. The number of methoxy groups -OCH3 is 1. The lowest BCUT2D eigenvalue weighted by Gasteiger charge is -2.06. The van der Waals surface area contributed by atoms with Crippen molar-refractivity contribution in [2.75, 3.05) is 12.8 Å². The number of anilines is 1. The number of nitrogen functional groups attached to an aromatic ring is 1. The smallest absolute Gasteiger partial charge is 0.130 e. The average Bonchev–Trinajstić information content (AvgIpc) is 2.54. The summed E-state index contributed by atoms with van der Waals surface area (Å²) in [5.74, 6) is 0.460. The number of hydrogen-bond donors (Lipinski definition) is 1. The van der Waals surface area contributed by atoms with Crippen molar-refractivity contribution < 1.29 is 13.3 Å². The fourth-order valence-corrected chi connectivity index (χ4v) is 2.75. The minimum Gasteiger partial charge on any atom is -0.497 e. The van der Waals surface area contributed by atoms with Crippen LogP contribution in [0.2, 0.25) is 0 Å². The van der Waals surface area contributed by atoms with Crippen molar-refractivity contribution in [1.29, 1.82) is 0 Å². The Morgan fingerprint density at radius 2 is 2.22 bits per heavy atom. The van der Waals surface area contributed by atoms with Crippen molar-refractivity contribution >= 4 is 21.5 Å². The molecule has 2 N–H and O–H groups in total. The highest BCUT2D eigenvalue weighted by Crippen LogP contribution is 2.17. The van der Waals surface area contributed by atoms with Gasteiger partial charge >= 0.3 is 0 Å². The van der Waals surface area contributed by atoms with E-state index in [1.165, 1.54) is 12.1 Å². The summed E-state index contributed by atoms with van der Waals surface area (Å²) >= 11 is 0. The van der Waals surface area contributed by atoms with Gasteiger partial charge in [0.2, 0.25) is 0 Å². The summed E-state index contributed by atoms with van der Waals surface area (Å²) < 4.78 is 31.1. The highest BCUT2D eigenvalue weighted by Gasteiger charge is 2.09. The zero-order valence-electron chi connectivity index (χ0n) is 13.0. The summed E-state index contributed by atoms with van der Waals surface area (Å²) in [4.78, 5) is 8.34. The van der Waals surface area contributed by atoms with Crippen LogP contribution in [0.4, 0.5) is 10.1 Å². The van der Waals surface area contributed by atoms with Gasteiger partial charge in [0.1, 0.15) is 11.6 Å². The third-order valence-electron chi connectivity index (χ3n) is 3.25. The van der Waals surface area contributed by atoms with Crippen LogP contribution in [0.3, 0.4) is 0 Å². The fraction of sp³-hybridized carbons (Fsp3) is 0.250. The van der Waals surface area contributed by atoms with E-state index in [0.29, 0.717) is 27.7 Å². The Balaban J connectivity index is 2.07. The van der Waals surface area contributed by atoms with E-state index in [9.17, 15) is 8.60 Å². The number of rotatable bonds is 5. The molecule has 0 bridgehead atoms. The Morgan fingerprint density at radius 3 is 2.91 bits per heavy atom. The van der Waals surface area contributed by atoms with E-state index >= 15 is 0 Å². The zero-order chi connectivity index (χ0) is 16.8. The number of hydrogen-bond acceptors (Lipinski definition) is 5. The lowest BCUT2D eigenvalue weighted by atomic mass is 10.2. The van der Waals surface area contributed by atoms with Gasteiger partial charge in [0, 0.05) is 23.5 Å². The molecule has 0 aliphatic heterocycles. The third-order valence-corrected chi connectivity index (χ3v) is 4.59. The molecule has 0 radical (unpaired) electrons. The largest absolute Gasteiger partial charge is 0.497 e. The predicted molar refractivity (Wildman–Crippen MR) is 90.3 cm³/mol. The fourth-order valence-electron chi connectivity index (χ4n) is 1.91. The van der Waals surface area contributed by atoms with Crippen molar-refractivity contribution in [2.24, 2.45) is 4.99 Å². The molecule has 1 unspecified atom stereocenters. The first-order valence-corrected chi connectivity index (χ1v) is 8.24. The molecule has 0 saturated heterocycles. The summed E-state index contributed by atoms with van der Waals surface area (Å²) in [5.41, 5.74) is 7.02. The van der Waals surface area contributed by atoms with Gasteiger partial charge in [-0.1, -0.05) is 6.07 Å². The monoisotopic (exact) mass is 335 g/mol. The van der Waals surface area contributed by atoms with Gasteiger partial charge in [0.15, 0.2) is 0 Å². The molecule has 0 aliphatic carbocycles. The molecule has 23 heavy (non-hydrogen) atoms. The van der Waals surface area contributed by atoms with Gasteiger partial charge in [-0.15, -0.1) is 0 Å². The number of benzene rings is 1. The minimum absolute atomic E-state index is 0.0572. The summed E-state index contributed by atoms with van der Waals surface area (Å²) in [6, 6.07) is 7.92. The van der Waals surface area contributed by atoms with Gasteiger partial charge in [-0.2, -0.15) is 0 Å². The second kappa shape index (κ2) is 7.82. The maximum Gasteiger partial charge on any atom is 0.130 e. The molecule has 1 heterocycles. The van der Waals surface area contributed by atoms with Crippen LogP contribution in [0.1, 0.15) is 18.2 Å². The highest BCUT2D eigenvalue weighted by molar-refractivity contribution is 7.99. The number of nitrogens with zero attached hydrogens (tertiary/aromatic N) is 2. The number of nitrogens with two attached hydrogens (primary N) is 1. The molecule has 0 saturated carbocycles. The quantitative estimate of drug-likeness (QED) is 0.518. The second-order valence-electron chi connectivity index (χ2n) is 4.82. The van der Waals surface area contributed by atoms with E-state index in [4.69, 9.17) is 10.5 Å². The van der Waals surface area contributed by atoms with Crippen molar-refractivity contribution in [3.8, 4) is 5.75 Å². The topological polar surface area (TPSA) is 77.6 Å². The maximum absolute atomic E-state index is 13.7. The minimum atomic E-state index is -1.34. The van der Waals surface area contributed by atoms with Crippen LogP contribution in [-0.4, -0.2) is 21.3 Å². The molecule has 1 aromatic heterocycles. The summed E-state index contributed by atoms with van der Waals surface area (Å²) in [6.07, 6.45) is 1.60. The standard InChI is InChI=1S/C16H18FN3O2S/c1-11(20-9-14-15(17)4-3-5-16(14)18)23(21)10-12-8-13(22-2)6-7-19-12/h3-8H,9-10,18H2,1-2H3. The number of ether oxygens (including phenoxy) is 1. The molecule has 2 aromatic rings. The molecular weight excluding hydrogens is 317 g/mol. The maximum atomic E-state index is 13.7. The van der Waals surface area contributed by atoms with Gasteiger partial charge < -0.3 is 10.5 Å². The second-order valence-corrected chi connectivity index (χ2v) is 6.39. The van der Waals surface area contributed by atoms with E-state index in [2.05, 4.69) is 9.98 Å². The van der Waals surface area contributed by atoms with Crippen LogP contribution >= 0.6 is 0 Å². The number of halogens is 1. The van der Waals surface area contributed by atoms with Crippen molar-refractivity contribution in [3.63, 3.8) is 0 Å². The molecule has 1 atom stereocenters. The molecule has 122 valence electrons. The van der Waals surface area contributed by atoms with Crippen molar-refractivity contribution in [2.45, 2.75) is 19.2 Å². The van der Waals surface area contributed by atoms with Gasteiger partial charge in [0.05, 0.1) is 40.9 Å². The normalized spacial score (nSPS) is 12.9. The first kappa shape index (κ1) is 17.1. The van der Waals surface area contributed by atoms with Crippen molar-refractivity contribution in [3.05, 3.63) is 53.6 Å². The number of aliphatic imine (C=N–C) groups is 1. The Morgan fingerprint density at radius 1 is 1.43 bits per heavy atom. The molecule has 0 amide bonds. The average molecular weight is 335 g/mol. The molecular formula is C16H18FN3O2S. The van der Waals surface area contributed by atoms with Gasteiger partial charge in [0.25, 0.3) is 0 Å². The summed E-state index contributed by atoms with van der Waals surface area (Å²) in [6.45, 7) is 1.70. The van der Waals surface area contributed by atoms with Crippen LogP contribution < -0.4 is 10.5 Å². The van der Waals surface area contributed by atoms with Crippen LogP contribution in [0.25, 0.3) is 0 Å². The van der Waals surface area contributed by atoms with Gasteiger partial charge in [-0.25, -0.2) is 4.39 Å². The molecule has 0 spiro atoms. The highest BCUT2D eigenvalue weighted by atomic mass is 32.2. The van der Waals surface area contributed by atoms with E-state index in [-0.39, 0.29) is 12.3 Å². The molecule has 5 nitrogen and oxygen atoms in total. The van der Waals surface area contributed by atoms with Crippen LogP contribution in [-0.2, 0) is 23.1 Å². The van der Waals surface area contributed by atoms with Crippen molar-refractivity contribution in [1.82, 2.24) is 4.98 Å². The number of aromatic nitrogens is 1. The Labute approximate surface area is 136 Å². The third kappa shape index (κ3) is 4.59. The number of pyridine rings is 1. The summed E-state index contributed by atoms with van der Waals surface area (Å²) in [7, 11) is 0.213.